The molecule has 0 aliphatic carbocycles. The van der Waals surface area contributed by atoms with Gasteiger partial charge in [0.05, 0.1) is 12.0 Å². The second kappa shape index (κ2) is 21.3. The summed E-state index contributed by atoms with van der Waals surface area (Å²) in [4.78, 5) is 75.7. The normalized spacial score (nSPS) is 17.7. The number of benzene rings is 1. The van der Waals surface area contributed by atoms with E-state index >= 15 is 0 Å². The lowest BCUT2D eigenvalue weighted by atomic mass is 9.83. The number of rotatable bonds is 20. The molecule has 54 heavy (non-hydrogen) atoms. The van der Waals surface area contributed by atoms with Gasteiger partial charge in [0.15, 0.2) is 11.9 Å². The van der Waals surface area contributed by atoms with Crippen LogP contribution in [-0.2, 0) is 30.3 Å². The van der Waals surface area contributed by atoms with Crippen LogP contribution < -0.4 is 10.2 Å². The summed E-state index contributed by atoms with van der Waals surface area (Å²) in [5, 5.41) is 14.6. The van der Waals surface area contributed by atoms with Crippen LogP contribution in [0.25, 0.3) is 0 Å². The number of thiazole rings is 1. The molecule has 2 aromatic rings. The summed E-state index contributed by atoms with van der Waals surface area (Å²) in [5.41, 5.74) is 2.12. The van der Waals surface area contributed by atoms with Crippen LogP contribution in [0.1, 0.15) is 115 Å². The van der Waals surface area contributed by atoms with Crippen molar-refractivity contribution < 1.29 is 33.8 Å². The molecule has 2 N–H and O–H groups in total. The van der Waals surface area contributed by atoms with Crippen LogP contribution in [0.4, 0.5) is 5.69 Å². The third kappa shape index (κ3) is 12.9. The summed E-state index contributed by atoms with van der Waals surface area (Å²) in [6.45, 7) is 11.9. The quantitative estimate of drug-likeness (QED) is 0.143. The Kier molecular flexibility index (Phi) is 18.3. The Morgan fingerprint density at radius 3 is 2.22 bits per heavy atom. The van der Waals surface area contributed by atoms with E-state index in [2.05, 4.69) is 15.2 Å². The largest absolute Gasteiger partial charge is 0.481 e. The maximum Gasteiger partial charge on any atom is 0.306 e. The van der Waals surface area contributed by atoms with Gasteiger partial charge in [0.2, 0.25) is 5.91 Å². The van der Waals surface area contributed by atoms with E-state index in [0.29, 0.717) is 11.4 Å². The van der Waals surface area contributed by atoms with Crippen LogP contribution in [0, 0.1) is 23.7 Å². The number of carboxylic acid groups (broad SMARTS) is 1. The number of aliphatic carboxylic acids is 1. The molecule has 0 bridgehead atoms. The zero-order valence-corrected chi connectivity index (χ0v) is 34.1. The maximum absolute atomic E-state index is 14.2. The van der Waals surface area contributed by atoms with Crippen molar-refractivity contribution in [2.45, 2.75) is 118 Å². The number of anilines is 1. The first-order valence-corrected chi connectivity index (χ1v) is 19.7. The molecule has 1 aliphatic heterocycles. The third-order valence-electron chi connectivity index (χ3n) is 10.7. The topological polar surface area (TPSA) is 149 Å². The van der Waals surface area contributed by atoms with Gasteiger partial charge < -0.3 is 25.0 Å². The van der Waals surface area contributed by atoms with Gasteiger partial charge in [-0.15, -0.1) is 11.3 Å². The van der Waals surface area contributed by atoms with E-state index < -0.39 is 41.8 Å². The molecule has 1 aliphatic rings. The number of amides is 2. The number of carbonyl (C=O) groups is 5. The number of aromatic nitrogens is 1. The molecular weight excluding hydrogens is 707 g/mol. The van der Waals surface area contributed by atoms with Crippen molar-refractivity contribution in [3.63, 3.8) is 0 Å². The van der Waals surface area contributed by atoms with Crippen molar-refractivity contribution >= 4 is 46.6 Å². The fourth-order valence-electron chi connectivity index (χ4n) is 7.14. The van der Waals surface area contributed by atoms with Crippen molar-refractivity contribution in [2.24, 2.45) is 23.7 Å². The van der Waals surface area contributed by atoms with E-state index in [9.17, 15) is 29.1 Å². The first-order chi connectivity index (χ1) is 24.9. The predicted octanol–water partition coefficient (Wildman–Crippen LogP) is 6.49. The van der Waals surface area contributed by atoms with Crippen LogP contribution >= 0.6 is 11.3 Å². The highest BCUT2D eigenvalue weighted by Crippen LogP contribution is 2.33. The van der Waals surface area contributed by atoms with Crippen molar-refractivity contribution in [1.29, 1.82) is 0 Å². The average molecular weight is 772 g/mol. The van der Waals surface area contributed by atoms with Crippen molar-refractivity contribution in [3.05, 3.63) is 45.9 Å². The number of ketones is 1. The number of likely N-dealkylation sites (tertiary alicyclic amines) is 1. The average Bonchev–Trinajstić information content (AvgIpc) is 3.77. The first kappa shape index (κ1) is 46.3. The highest BCUT2D eigenvalue weighted by molar-refractivity contribution is 7.09. The summed E-state index contributed by atoms with van der Waals surface area (Å²) in [7, 11) is 7.62. The van der Waals surface area contributed by atoms with Crippen LogP contribution in [0.3, 0.4) is 0 Å². The molecule has 302 valence electrons. The number of nitrogens with zero attached hydrogens (tertiary/aromatic N) is 4. The molecule has 1 aromatic heterocycles. The molecule has 1 fully saturated rings. The smallest absolute Gasteiger partial charge is 0.306 e. The molecule has 2 unspecified atom stereocenters. The Morgan fingerprint density at radius 1 is 1.06 bits per heavy atom. The minimum Gasteiger partial charge on any atom is -0.481 e. The van der Waals surface area contributed by atoms with E-state index in [0.717, 1.165) is 37.1 Å². The Hall–Kier alpha value is -3.84. The zero-order chi connectivity index (χ0) is 39.6. The molecule has 2 amide bonds. The molecule has 0 saturated carbocycles. The number of carbonyl (C=O) groups excluding carboxylic acids is 4. The summed E-state index contributed by atoms with van der Waals surface area (Å²) in [5.74, 6) is -3.10. The van der Waals surface area contributed by atoms with Gasteiger partial charge >= 0.3 is 11.9 Å². The molecule has 3 rings (SSSR count). The first-order valence-electron chi connectivity index (χ1n) is 18.8. The zero-order valence-electron chi connectivity index (χ0n) is 33.3. The van der Waals surface area contributed by atoms with Crippen LogP contribution in [0.15, 0.2) is 29.6 Å². The molecule has 0 radical (unpaired) electrons. The van der Waals surface area contributed by atoms with E-state index in [1.165, 1.54) is 18.3 Å². The molecule has 13 heteroatoms. The number of carboxylic acids is 1. The van der Waals surface area contributed by atoms with Gasteiger partial charge in [0.1, 0.15) is 10.7 Å². The van der Waals surface area contributed by atoms with E-state index in [4.69, 9.17) is 4.74 Å². The maximum atomic E-state index is 14.2. The van der Waals surface area contributed by atoms with Gasteiger partial charge in [0.25, 0.3) is 5.91 Å². The number of ether oxygens (including phenoxy) is 1. The number of Topliss-reactive ketones (excluding diaryl/α,β-unsaturated/α-hetero) is 1. The molecule has 2 heterocycles. The highest BCUT2D eigenvalue weighted by atomic mass is 32.1. The van der Waals surface area contributed by atoms with Crippen molar-refractivity contribution in [1.82, 2.24) is 20.1 Å². The summed E-state index contributed by atoms with van der Waals surface area (Å²) >= 11 is 1.19. The molecule has 1 saturated heterocycles. The van der Waals surface area contributed by atoms with E-state index in [-0.39, 0.29) is 68.0 Å². The lowest BCUT2D eigenvalue weighted by molar-refractivity contribution is -0.149. The van der Waals surface area contributed by atoms with Gasteiger partial charge in [0, 0.05) is 70.0 Å². The number of likely N-dealkylation sites (N-methyl/N-ethyl adjacent to an activating group) is 1. The van der Waals surface area contributed by atoms with Gasteiger partial charge in [-0.25, -0.2) is 4.98 Å². The number of hydrogen-bond donors (Lipinski definition) is 2. The minimum atomic E-state index is -0.945. The van der Waals surface area contributed by atoms with E-state index in [1.54, 1.807) is 24.3 Å². The molecule has 7 atom stereocenters. The Labute approximate surface area is 327 Å². The van der Waals surface area contributed by atoms with Crippen LogP contribution in [-0.4, -0.2) is 102 Å². The van der Waals surface area contributed by atoms with Gasteiger partial charge in [-0.1, -0.05) is 60.6 Å². The van der Waals surface area contributed by atoms with E-state index in [1.807, 2.05) is 78.0 Å². The summed E-state index contributed by atoms with van der Waals surface area (Å²) in [6.07, 6.45) is 2.80. The van der Waals surface area contributed by atoms with Gasteiger partial charge in [-0.2, -0.15) is 0 Å². The number of hydrogen-bond acceptors (Lipinski definition) is 10. The van der Waals surface area contributed by atoms with Crippen molar-refractivity contribution in [2.75, 3.05) is 39.6 Å². The lowest BCUT2D eigenvalue weighted by Gasteiger charge is -2.37. The number of esters is 1. The Balaban J connectivity index is 0.0000101. The minimum absolute atomic E-state index is 0. The van der Waals surface area contributed by atoms with Crippen LogP contribution in [0.2, 0.25) is 0 Å². The Bertz CT molecular complexity index is 1540. The molecule has 12 nitrogen and oxygen atoms in total. The molecule has 1 aromatic carbocycles. The highest BCUT2D eigenvalue weighted by Gasteiger charge is 2.38. The third-order valence-corrected chi connectivity index (χ3v) is 11.6. The number of nitrogens with one attached hydrogen (secondary N) is 1. The Morgan fingerprint density at radius 2 is 1.70 bits per heavy atom. The molecular formula is C41H65N5O7S. The standard InChI is InChI=1S/C40H61N5O7S.CH4/c1-11-25(4)31(21-35(47)33-13-12-18-44(33)9)39(49)45(10)34(24(2)3)22-36(52-27(6)46)38-42-32(23-53-38)37(48)41-29(19-26(5)40(50)51)20-28-14-16-30(17-15-28)43(7)8;/h14-17,23-26,29,31,33-34,36H,11-13,18-22H2,1-10H3,(H,41,48)(H,50,51);1H4/t25-,26-,29+,31?,33?,34+,36+;/m0./s1. The van der Waals surface area contributed by atoms with Crippen molar-refractivity contribution in [3.8, 4) is 0 Å². The summed E-state index contributed by atoms with van der Waals surface area (Å²) < 4.78 is 5.79. The molecule has 0 spiro atoms. The fourth-order valence-corrected chi connectivity index (χ4v) is 7.98. The monoisotopic (exact) mass is 771 g/mol. The van der Waals surface area contributed by atoms with Gasteiger partial charge in [-0.3, -0.25) is 28.9 Å². The fraction of sp³-hybridized carbons (Fsp3) is 0.659. The second-order valence-corrected chi connectivity index (χ2v) is 16.3. The lowest BCUT2D eigenvalue weighted by Crippen LogP contribution is -2.47. The summed E-state index contributed by atoms with van der Waals surface area (Å²) in [6, 6.07) is 6.90. The predicted molar refractivity (Wildman–Crippen MR) is 215 cm³/mol. The van der Waals surface area contributed by atoms with Gasteiger partial charge in [-0.05, 0) is 68.8 Å². The van der Waals surface area contributed by atoms with Crippen LogP contribution in [0.5, 0.6) is 0 Å². The SMILES string of the molecule is C.CC[C@H](C)C(CC(=O)C1CCCN1C)C(=O)N(C)[C@H](C[C@@H](OC(C)=O)c1nc(C(=O)N[C@@H](Cc2ccc(N(C)C)cc2)C[C@H](C)C(=O)O)cs1)C(C)C. The second-order valence-electron chi connectivity index (χ2n) is 15.4.